The van der Waals surface area contributed by atoms with Gasteiger partial charge in [0.15, 0.2) is 0 Å². The van der Waals surface area contributed by atoms with Gasteiger partial charge in [0, 0.05) is 22.9 Å². The van der Waals surface area contributed by atoms with E-state index in [9.17, 15) is 0 Å². The van der Waals surface area contributed by atoms with Crippen LogP contribution in [0.2, 0.25) is 0 Å². The molecule has 0 radical (unpaired) electrons. The summed E-state index contributed by atoms with van der Waals surface area (Å²) in [4.78, 5) is 8.87. The number of aryl methyl sites for hydroxylation is 1. The summed E-state index contributed by atoms with van der Waals surface area (Å²) in [5.74, 6) is 0. The Labute approximate surface area is 104 Å². The Morgan fingerprint density at radius 1 is 1.44 bits per heavy atom. The summed E-state index contributed by atoms with van der Waals surface area (Å²) >= 11 is 3.37. The predicted molar refractivity (Wildman–Crippen MR) is 69.1 cm³/mol. The normalized spacial score (nSPS) is 12.9. The molecule has 0 aromatic carbocycles. The molecule has 0 fully saturated rings. The zero-order chi connectivity index (χ0) is 11.4. The molecule has 3 nitrogen and oxygen atoms in total. The molecule has 1 unspecified atom stereocenters. The van der Waals surface area contributed by atoms with Crippen molar-refractivity contribution in [2.75, 3.05) is 6.54 Å². The van der Waals surface area contributed by atoms with Crippen molar-refractivity contribution in [3.8, 4) is 0 Å². The molecule has 0 saturated carbocycles. The first-order chi connectivity index (χ1) is 7.79. The van der Waals surface area contributed by atoms with Crippen LogP contribution in [0.1, 0.15) is 29.4 Å². The predicted octanol–water partition coefficient (Wildman–Crippen LogP) is 2.80. The Balaban J connectivity index is 2.09. The fourth-order valence-corrected chi connectivity index (χ4v) is 3.02. The lowest BCUT2D eigenvalue weighted by Gasteiger charge is -2.13. The number of aromatic nitrogens is 2. The summed E-state index contributed by atoms with van der Waals surface area (Å²) in [5.41, 5.74) is 4.11. The van der Waals surface area contributed by atoms with Crippen LogP contribution in [0, 0.1) is 6.92 Å². The minimum Gasteiger partial charge on any atom is -0.309 e. The van der Waals surface area contributed by atoms with E-state index in [-0.39, 0.29) is 0 Å². The molecule has 0 amide bonds. The van der Waals surface area contributed by atoms with Gasteiger partial charge in [-0.3, -0.25) is 0 Å². The quantitative estimate of drug-likeness (QED) is 0.890. The van der Waals surface area contributed by atoms with Crippen molar-refractivity contribution in [3.63, 3.8) is 0 Å². The van der Waals surface area contributed by atoms with E-state index in [4.69, 9.17) is 0 Å². The largest absolute Gasteiger partial charge is 0.309 e. The van der Waals surface area contributed by atoms with Crippen LogP contribution in [-0.2, 0) is 6.42 Å². The lowest BCUT2D eigenvalue weighted by Crippen LogP contribution is -2.23. The maximum absolute atomic E-state index is 4.50. The Morgan fingerprint density at radius 2 is 2.31 bits per heavy atom. The third-order valence-corrected chi connectivity index (χ3v) is 3.90. The molecule has 0 aliphatic heterocycles. The van der Waals surface area contributed by atoms with Crippen molar-refractivity contribution in [3.05, 3.63) is 32.7 Å². The van der Waals surface area contributed by atoms with Crippen LogP contribution in [0.15, 0.2) is 16.3 Å². The van der Waals surface area contributed by atoms with Gasteiger partial charge in [-0.25, -0.2) is 9.97 Å². The van der Waals surface area contributed by atoms with Gasteiger partial charge in [0.2, 0.25) is 0 Å². The first kappa shape index (κ1) is 11.7. The molecule has 0 aliphatic carbocycles. The molecule has 0 saturated heterocycles. The molecule has 16 heavy (non-hydrogen) atoms. The Morgan fingerprint density at radius 3 is 2.88 bits per heavy atom. The van der Waals surface area contributed by atoms with Crippen molar-refractivity contribution in [1.82, 2.24) is 15.3 Å². The van der Waals surface area contributed by atoms with Gasteiger partial charge in [0.05, 0.1) is 22.3 Å². The standard InChI is InChI=1S/C11H15N3S2/c1-3-12-9(10-6-15-7-13-10)4-11-14-8(2)5-16-11/h5-7,9,12H,3-4H2,1-2H3. The summed E-state index contributed by atoms with van der Waals surface area (Å²) in [6, 6.07) is 0.293. The van der Waals surface area contributed by atoms with Crippen LogP contribution in [-0.4, -0.2) is 16.5 Å². The summed E-state index contributed by atoms with van der Waals surface area (Å²) in [5, 5.41) is 8.83. The minimum atomic E-state index is 0.293. The van der Waals surface area contributed by atoms with Crippen molar-refractivity contribution in [1.29, 1.82) is 0 Å². The van der Waals surface area contributed by atoms with E-state index >= 15 is 0 Å². The van der Waals surface area contributed by atoms with Crippen LogP contribution >= 0.6 is 22.7 Å². The van der Waals surface area contributed by atoms with Crippen molar-refractivity contribution in [2.24, 2.45) is 0 Å². The van der Waals surface area contributed by atoms with Crippen LogP contribution in [0.3, 0.4) is 0 Å². The monoisotopic (exact) mass is 253 g/mol. The number of thiazole rings is 2. The lowest BCUT2D eigenvalue weighted by atomic mass is 10.1. The van der Waals surface area contributed by atoms with Crippen molar-refractivity contribution >= 4 is 22.7 Å². The lowest BCUT2D eigenvalue weighted by molar-refractivity contribution is 0.538. The van der Waals surface area contributed by atoms with Crippen molar-refractivity contribution in [2.45, 2.75) is 26.3 Å². The van der Waals surface area contributed by atoms with E-state index in [0.717, 1.165) is 24.4 Å². The van der Waals surface area contributed by atoms with Crippen LogP contribution in [0.5, 0.6) is 0 Å². The van der Waals surface area contributed by atoms with E-state index in [1.165, 1.54) is 5.01 Å². The van der Waals surface area contributed by atoms with Crippen LogP contribution in [0.4, 0.5) is 0 Å². The van der Waals surface area contributed by atoms with Gasteiger partial charge in [0.1, 0.15) is 0 Å². The molecule has 2 aromatic rings. The third-order valence-electron chi connectivity index (χ3n) is 2.30. The highest BCUT2D eigenvalue weighted by Gasteiger charge is 2.14. The van der Waals surface area contributed by atoms with Crippen LogP contribution < -0.4 is 5.32 Å². The molecule has 0 bridgehead atoms. The zero-order valence-corrected chi connectivity index (χ0v) is 11.1. The average molecular weight is 253 g/mol. The number of likely N-dealkylation sites (N-methyl/N-ethyl adjacent to an activating group) is 1. The highest BCUT2D eigenvalue weighted by molar-refractivity contribution is 7.09. The van der Waals surface area contributed by atoms with E-state index in [1.54, 1.807) is 22.7 Å². The second-order valence-electron chi connectivity index (χ2n) is 3.61. The number of nitrogens with one attached hydrogen (secondary N) is 1. The molecular weight excluding hydrogens is 238 g/mol. The smallest absolute Gasteiger partial charge is 0.0947 e. The number of hydrogen-bond acceptors (Lipinski definition) is 5. The fraction of sp³-hybridized carbons (Fsp3) is 0.455. The van der Waals surface area contributed by atoms with E-state index in [0.29, 0.717) is 6.04 Å². The molecular formula is C11H15N3S2. The topological polar surface area (TPSA) is 37.8 Å². The third kappa shape index (κ3) is 2.87. The van der Waals surface area contributed by atoms with Gasteiger partial charge in [-0.15, -0.1) is 22.7 Å². The number of rotatable bonds is 5. The molecule has 5 heteroatoms. The summed E-state index contributed by atoms with van der Waals surface area (Å²) < 4.78 is 0. The Bertz CT molecular complexity index is 422. The van der Waals surface area contributed by atoms with E-state index < -0.39 is 0 Å². The molecule has 1 N–H and O–H groups in total. The van der Waals surface area contributed by atoms with Gasteiger partial charge < -0.3 is 5.32 Å². The van der Waals surface area contributed by atoms with Gasteiger partial charge in [0.25, 0.3) is 0 Å². The summed E-state index contributed by atoms with van der Waals surface area (Å²) in [6.45, 7) is 5.10. The van der Waals surface area contributed by atoms with Crippen LogP contribution in [0.25, 0.3) is 0 Å². The Hall–Kier alpha value is -0.780. The highest BCUT2D eigenvalue weighted by atomic mass is 32.1. The molecule has 0 aliphatic rings. The first-order valence-electron chi connectivity index (χ1n) is 5.32. The second kappa shape index (κ2) is 5.52. The molecule has 0 spiro atoms. The van der Waals surface area contributed by atoms with Crippen molar-refractivity contribution < 1.29 is 0 Å². The molecule has 86 valence electrons. The highest BCUT2D eigenvalue weighted by Crippen LogP contribution is 2.20. The number of nitrogens with zero attached hydrogens (tertiary/aromatic N) is 2. The van der Waals surface area contributed by atoms with Gasteiger partial charge in [-0.1, -0.05) is 6.92 Å². The maximum Gasteiger partial charge on any atom is 0.0947 e. The maximum atomic E-state index is 4.50. The minimum absolute atomic E-state index is 0.293. The van der Waals surface area contributed by atoms with E-state index in [2.05, 4.69) is 33.0 Å². The van der Waals surface area contributed by atoms with Gasteiger partial charge >= 0.3 is 0 Å². The van der Waals surface area contributed by atoms with E-state index in [1.807, 2.05) is 12.4 Å². The summed E-state index contributed by atoms with van der Waals surface area (Å²) in [7, 11) is 0. The molecule has 2 heterocycles. The SMILES string of the molecule is CCNC(Cc1nc(C)cs1)c1cscn1. The molecule has 2 rings (SSSR count). The second-order valence-corrected chi connectivity index (χ2v) is 5.27. The molecule has 1 atom stereocenters. The Kier molecular flexibility index (Phi) is 4.04. The zero-order valence-electron chi connectivity index (χ0n) is 9.43. The summed E-state index contributed by atoms with van der Waals surface area (Å²) in [6.07, 6.45) is 0.927. The van der Waals surface area contributed by atoms with Gasteiger partial charge in [-0.2, -0.15) is 0 Å². The average Bonchev–Trinajstić information content (AvgIpc) is 2.88. The first-order valence-corrected chi connectivity index (χ1v) is 7.14. The molecule has 2 aromatic heterocycles. The number of hydrogen-bond donors (Lipinski definition) is 1. The van der Waals surface area contributed by atoms with Gasteiger partial charge in [-0.05, 0) is 13.5 Å². The fourth-order valence-electron chi connectivity index (χ4n) is 1.59.